The lowest BCUT2D eigenvalue weighted by molar-refractivity contribution is -0.120. The van der Waals surface area contributed by atoms with E-state index in [0.29, 0.717) is 36.6 Å². The maximum Gasteiger partial charge on any atom is 0.295 e. The van der Waals surface area contributed by atoms with Crippen LogP contribution in [0, 0.1) is 19.8 Å². The molecule has 2 aromatic carbocycles. The second-order valence-electron chi connectivity index (χ2n) is 9.18. The van der Waals surface area contributed by atoms with Gasteiger partial charge in [0.25, 0.3) is 5.56 Å². The first-order valence-corrected chi connectivity index (χ1v) is 12.0. The highest BCUT2D eigenvalue weighted by molar-refractivity contribution is 5.94. The molecule has 1 saturated heterocycles. The molecule has 0 spiro atoms. The van der Waals surface area contributed by atoms with Gasteiger partial charge >= 0.3 is 0 Å². The first kappa shape index (κ1) is 22.8. The van der Waals surface area contributed by atoms with Crippen LogP contribution in [0.15, 0.2) is 71.7 Å². The van der Waals surface area contributed by atoms with Gasteiger partial charge in [-0.1, -0.05) is 42.5 Å². The molecule has 178 valence electrons. The Morgan fingerprint density at radius 2 is 1.89 bits per heavy atom. The minimum atomic E-state index is -0.225. The number of carbonyl (C=O) groups excluding carboxylic acids is 1. The standard InChI is InChI=1S/C28H29N5O2/c1-19-9-6-13-23(20(19)2)31-27(34)22-12-8-16-32(18-22)26-28(35)33(17-21-10-4-3-5-11-21)25-24(30-26)14-7-15-29-25/h3-7,9-11,13-15,22H,8,12,16-18H2,1-2H3,(H,31,34). The quantitative estimate of drug-likeness (QED) is 0.473. The number of fused-ring (bicyclic) bond motifs is 1. The zero-order chi connectivity index (χ0) is 24.4. The van der Waals surface area contributed by atoms with Gasteiger partial charge < -0.3 is 10.2 Å². The van der Waals surface area contributed by atoms with Crippen molar-refractivity contribution in [2.24, 2.45) is 5.92 Å². The Kier molecular flexibility index (Phi) is 6.31. The molecule has 3 heterocycles. The lowest BCUT2D eigenvalue weighted by atomic mass is 9.96. The van der Waals surface area contributed by atoms with Crippen molar-refractivity contribution in [1.29, 1.82) is 0 Å². The van der Waals surface area contributed by atoms with Crippen LogP contribution in [-0.4, -0.2) is 33.5 Å². The minimum Gasteiger partial charge on any atom is -0.351 e. The van der Waals surface area contributed by atoms with E-state index in [4.69, 9.17) is 4.98 Å². The second kappa shape index (κ2) is 9.70. The molecule has 1 fully saturated rings. The summed E-state index contributed by atoms with van der Waals surface area (Å²) in [5.41, 5.74) is 5.11. The number of anilines is 2. The third kappa shape index (κ3) is 4.67. The van der Waals surface area contributed by atoms with Gasteiger partial charge in [0.1, 0.15) is 5.52 Å². The maximum atomic E-state index is 13.7. The van der Waals surface area contributed by atoms with Crippen LogP contribution in [0.3, 0.4) is 0 Å². The maximum absolute atomic E-state index is 13.7. The average Bonchev–Trinajstić information content (AvgIpc) is 2.89. The molecule has 7 heteroatoms. The normalized spacial score (nSPS) is 15.8. The second-order valence-corrected chi connectivity index (χ2v) is 9.18. The van der Waals surface area contributed by atoms with Gasteiger partial charge in [0.2, 0.25) is 5.91 Å². The Morgan fingerprint density at radius 3 is 2.71 bits per heavy atom. The number of pyridine rings is 1. The van der Waals surface area contributed by atoms with Crippen molar-refractivity contribution in [2.75, 3.05) is 23.3 Å². The summed E-state index contributed by atoms with van der Waals surface area (Å²) in [5, 5.41) is 3.10. The smallest absolute Gasteiger partial charge is 0.295 e. The van der Waals surface area contributed by atoms with E-state index in [-0.39, 0.29) is 17.4 Å². The van der Waals surface area contributed by atoms with E-state index in [9.17, 15) is 9.59 Å². The molecule has 0 radical (unpaired) electrons. The van der Waals surface area contributed by atoms with E-state index in [0.717, 1.165) is 35.2 Å². The zero-order valence-electron chi connectivity index (χ0n) is 20.1. The highest BCUT2D eigenvalue weighted by Crippen LogP contribution is 2.24. The lowest BCUT2D eigenvalue weighted by Gasteiger charge is -2.33. The molecule has 1 unspecified atom stereocenters. The summed E-state index contributed by atoms with van der Waals surface area (Å²) in [4.78, 5) is 37.9. The van der Waals surface area contributed by atoms with E-state index in [2.05, 4.69) is 10.3 Å². The summed E-state index contributed by atoms with van der Waals surface area (Å²) in [6, 6.07) is 19.5. The van der Waals surface area contributed by atoms with Gasteiger partial charge in [0, 0.05) is 25.0 Å². The van der Waals surface area contributed by atoms with Gasteiger partial charge in [-0.2, -0.15) is 0 Å². The van der Waals surface area contributed by atoms with Crippen molar-refractivity contribution in [2.45, 2.75) is 33.2 Å². The molecule has 1 N–H and O–H groups in total. The number of hydrogen-bond donors (Lipinski definition) is 1. The Labute approximate surface area is 204 Å². The highest BCUT2D eigenvalue weighted by atomic mass is 16.2. The van der Waals surface area contributed by atoms with Crippen LogP contribution in [0.4, 0.5) is 11.5 Å². The highest BCUT2D eigenvalue weighted by Gasteiger charge is 2.29. The Morgan fingerprint density at radius 1 is 1.06 bits per heavy atom. The average molecular weight is 468 g/mol. The number of amides is 1. The van der Waals surface area contributed by atoms with Crippen molar-refractivity contribution in [1.82, 2.24) is 14.5 Å². The number of benzene rings is 2. The number of aromatic nitrogens is 3. The van der Waals surface area contributed by atoms with Crippen LogP contribution in [0.2, 0.25) is 0 Å². The Bertz CT molecular complexity index is 1430. The summed E-state index contributed by atoms with van der Waals surface area (Å²) in [6.07, 6.45) is 3.27. The van der Waals surface area contributed by atoms with Gasteiger partial charge in [0.05, 0.1) is 12.5 Å². The van der Waals surface area contributed by atoms with Crippen molar-refractivity contribution in [3.63, 3.8) is 0 Å². The number of nitrogens with one attached hydrogen (secondary N) is 1. The summed E-state index contributed by atoms with van der Waals surface area (Å²) >= 11 is 0. The molecule has 1 atom stereocenters. The van der Waals surface area contributed by atoms with Crippen LogP contribution in [0.5, 0.6) is 0 Å². The summed E-state index contributed by atoms with van der Waals surface area (Å²) in [6.45, 7) is 5.60. The van der Waals surface area contributed by atoms with Gasteiger partial charge in [-0.25, -0.2) is 9.97 Å². The summed E-state index contributed by atoms with van der Waals surface area (Å²) < 4.78 is 1.69. The van der Waals surface area contributed by atoms with Crippen molar-refractivity contribution >= 4 is 28.6 Å². The molecule has 4 aromatic rings. The predicted octanol–water partition coefficient (Wildman–Crippen LogP) is 4.31. The lowest BCUT2D eigenvalue weighted by Crippen LogP contribution is -2.44. The van der Waals surface area contributed by atoms with Gasteiger partial charge in [0.15, 0.2) is 11.5 Å². The van der Waals surface area contributed by atoms with Gasteiger partial charge in [-0.05, 0) is 61.6 Å². The van der Waals surface area contributed by atoms with Crippen molar-refractivity contribution < 1.29 is 4.79 Å². The molecule has 0 saturated carbocycles. The third-order valence-corrected chi connectivity index (χ3v) is 6.82. The molecule has 35 heavy (non-hydrogen) atoms. The summed E-state index contributed by atoms with van der Waals surface area (Å²) in [5.74, 6) is 0.137. The van der Waals surface area contributed by atoms with Crippen LogP contribution in [0.1, 0.15) is 29.5 Å². The molecular weight excluding hydrogens is 438 g/mol. The van der Waals surface area contributed by atoms with E-state index in [1.165, 1.54) is 0 Å². The molecular formula is C28H29N5O2. The molecule has 5 rings (SSSR count). The van der Waals surface area contributed by atoms with E-state index < -0.39 is 0 Å². The largest absolute Gasteiger partial charge is 0.351 e. The van der Waals surface area contributed by atoms with E-state index in [1.807, 2.05) is 79.4 Å². The molecule has 7 nitrogen and oxygen atoms in total. The topological polar surface area (TPSA) is 80.1 Å². The minimum absolute atomic E-state index is 0.0181. The first-order chi connectivity index (χ1) is 17.0. The SMILES string of the molecule is Cc1cccc(NC(=O)C2CCCN(c3nc4cccnc4n(Cc4ccccc4)c3=O)C2)c1C. The number of nitrogens with zero attached hydrogens (tertiary/aromatic N) is 4. The molecule has 2 aromatic heterocycles. The van der Waals surface area contributed by atoms with Crippen molar-refractivity contribution in [3.05, 3.63) is 93.9 Å². The molecule has 1 aliphatic heterocycles. The predicted molar refractivity (Wildman–Crippen MR) is 139 cm³/mol. The third-order valence-electron chi connectivity index (χ3n) is 6.82. The fraction of sp³-hybridized carbons (Fsp3) is 0.286. The first-order valence-electron chi connectivity index (χ1n) is 12.0. The zero-order valence-corrected chi connectivity index (χ0v) is 20.1. The Balaban J connectivity index is 1.45. The van der Waals surface area contributed by atoms with E-state index >= 15 is 0 Å². The van der Waals surface area contributed by atoms with Crippen LogP contribution < -0.4 is 15.8 Å². The molecule has 1 amide bonds. The fourth-order valence-corrected chi connectivity index (χ4v) is 4.69. The monoisotopic (exact) mass is 467 g/mol. The number of hydrogen-bond acceptors (Lipinski definition) is 5. The van der Waals surface area contributed by atoms with Gasteiger partial charge in [-0.3, -0.25) is 14.2 Å². The number of rotatable bonds is 5. The Hall–Kier alpha value is -4.00. The fourth-order valence-electron chi connectivity index (χ4n) is 4.69. The van der Waals surface area contributed by atoms with Crippen LogP contribution >= 0.6 is 0 Å². The number of piperidine rings is 1. The molecule has 0 aliphatic carbocycles. The van der Waals surface area contributed by atoms with Crippen LogP contribution in [-0.2, 0) is 11.3 Å². The van der Waals surface area contributed by atoms with Crippen molar-refractivity contribution in [3.8, 4) is 0 Å². The van der Waals surface area contributed by atoms with Crippen LogP contribution in [0.25, 0.3) is 11.2 Å². The number of aryl methyl sites for hydroxylation is 1. The number of carbonyl (C=O) groups is 1. The molecule has 1 aliphatic rings. The van der Waals surface area contributed by atoms with Gasteiger partial charge in [-0.15, -0.1) is 0 Å². The van der Waals surface area contributed by atoms with E-state index in [1.54, 1.807) is 10.8 Å². The summed E-state index contributed by atoms with van der Waals surface area (Å²) in [7, 11) is 0. The molecule has 0 bridgehead atoms.